The van der Waals surface area contributed by atoms with E-state index >= 15 is 0 Å². The van der Waals surface area contributed by atoms with Crippen molar-refractivity contribution in [2.24, 2.45) is 5.41 Å². The molecule has 1 aliphatic rings. The summed E-state index contributed by atoms with van der Waals surface area (Å²) in [6.45, 7) is 7.04. The van der Waals surface area contributed by atoms with Gasteiger partial charge in [-0.15, -0.1) is 0 Å². The monoisotopic (exact) mass is 294 g/mol. The van der Waals surface area contributed by atoms with Crippen molar-refractivity contribution in [1.82, 2.24) is 9.13 Å². The topological polar surface area (TPSA) is 53.2 Å². The molecule has 1 aromatic heterocycles. The first-order chi connectivity index (χ1) is 9.94. The van der Waals surface area contributed by atoms with Crippen molar-refractivity contribution < 1.29 is 4.74 Å². The van der Waals surface area contributed by atoms with Crippen LogP contribution in [0, 0.1) is 12.3 Å². The highest BCUT2D eigenvalue weighted by atomic mass is 16.5. The summed E-state index contributed by atoms with van der Waals surface area (Å²) in [5.74, 6) is 0. The number of hydrogen-bond donors (Lipinski definition) is 0. The van der Waals surface area contributed by atoms with Gasteiger partial charge in [0.15, 0.2) is 0 Å². The molecule has 0 bridgehead atoms. The molecule has 5 heteroatoms. The van der Waals surface area contributed by atoms with E-state index in [0.29, 0.717) is 13.2 Å². The van der Waals surface area contributed by atoms with Gasteiger partial charge in [-0.2, -0.15) is 0 Å². The number of methoxy groups -OCH3 is 1. The number of aromatic nitrogens is 2. The molecule has 0 aliphatic heterocycles. The first kappa shape index (κ1) is 16.0. The summed E-state index contributed by atoms with van der Waals surface area (Å²) in [6, 6.07) is 1.50. The first-order valence-electron chi connectivity index (χ1n) is 7.76. The van der Waals surface area contributed by atoms with Gasteiger partial charge in [-0.3, -0.25) is 13.9 Å². The summed E-state index contributed by atoms with van der Waals surface area (Å²) in [7, 11) is 1.70. The van der Waals surface area contributed by atoms with Crippen LogP contribution in [0.3, 0.4) is 0 Å². The molecule has 1 saturated carbocycles. The van der Waals surface area contributed by atoms with Gasteiger partial charge in [0.25, 0.3) is 5.56 Å². The van der Waals surface area contributed by atoms with Gasteiger partial charge in [0.2, 0.25) is 0 Å². The molecule has 2 rings (SSSR count). The maximum atomic E-state index is 12.7. The highest BCUT2D eigenvalue weighted by Gasteiger charge is 2.38. The normalized spacial score (nSPS) is 18.3. The molecule has 1 heterocycles. The Labute approximate surface area is 125 Å². The third kappa shape index (κ3) is 2.98. The lowest BCUT2D eigenvalue weighted by molar-refractivity contribution is 0.00150. The predicted octanol–water partition coefficient (Wildman–Crippen LogP) is 2.11. The third-order valence-electron chi connectivity index (χ3n) is 4.82. The summed E-state index contributed by atoms with van der Waals surface area (Å²) in [6.07, 6.45) is 4.11. The van der Waals surface area contributed by atoms with E-state index in [1.807, 2.05) is 20.8 Å². The largest absolute Gasteiger partial charge is 0.384 e. The fourth-order valence-electron chi connectivity index (χ4n) is 3.15. The van der Waals surface area contributed by atoms with Gasteiger partial charge in [0.1, 0.15) is 0 Å². The molecule has 1 unspecified atom stereocenters. The van der Waals surface area contributed by atoms with Crippen LogP contribution in [0.25, 0.3) is 0 Å². The van der Waals surface area contributed by atoms with E-state index in [0.717, 1.165) is 25.0 Å². The summed E-state index contributed by atoms with van der Waals surface area (Å²) in [5.41, 5.74) is 0.419. The summed E-state index contributed by atoms with van der Waals surface area (Å²) in [5, 5.41) is 0. The fraction of sp³-hybridized carbons (Fsp3) is 0.750. The minimum Gasteiger partial charge on any atom is -0.384 e. The molecule has 21 heavy (non-hydrogen) atoms. The van der Waals surface area contributed by atoms with Crippen LogP contribution in [0.15, 0.2) is 15.7 Å². The van der Waals surface area contributed by atoms with Crippen LogP contribution in [0.2, 0.25) is 0 Å². The highest BCUT2D eigenvalue weighted by Crippen LogP contribution is 2.42. The smallest absolute Gasteiger partial charge is 0.331 e. The van der Waals surface area contributed by atoms with Gasteiger partial charge in [-0.05, 0) is 33.1 Å². The Balaban J connectivity index is 2.44. The quantitative estimate of drug-likeness (QED) is 0.807. The average molecular weight is 294 g/mol. The number of hydrogen-bond acceptors (Lipinski definition) is 3. The summed E-state index contributed by atoms with van der Waals surface area (Å²) < 4.78 is 8.48. The Kier molecular flexibility index (Phi) is 4.71. The minimum atomic E-state index is -0.197. The van der Waals surface area contributed by atoms with Crippen molar-refractivity contribution in [2.45, 2.75) is 59.0 Å². The van der Waals surface area contributed by atoms with Crippen LogP contribution in [0.4, 0.5) is 0 Å². The summed E-state index contributed by atoms with van der Waals surface area (Å²) in [4.78, 5) is 24.8. The van der Waals surface area contributed by atoms with Gasteiger partial charge >= 0.3 is 5.69 Å². The van der Waals surface area contributed by atoms with Crippen molar-refractivity contribution >= 4 is 0 Å². The SMILES string of the molecule is CCC(C)n1c(=O)cc(C)n(CC2(COC)CCC2)c1=O. The number of ether oxygens (including phenoxy) is 1. The molecule has 118 valence electrons. The standard InChI is InChI=1S/C16H26N2O3/c1-5-12(2)18-14(19)9-13(3)17(15(18)20)10-16(11-21-4)7-6-8-16/h9,12H,5-8,10-11H2,1-4H3. The molecule has 1 fully saturated rings. The molecule has 0 N–H and O–H groups in total. The van der Waals surface area contributed by atoms with E-state index in [-0.39, 0.29) is 22.7 Å². The second kappa shape index (κ2) is 6.18. The molecule has 0 amide bonds. The maximum Gasteiger partial charge on any atom is 0.331 e. The minimum absolute atomic E-state index is 0.0566. The van der Waals surface area contributed by atoms with E-state index in [4.69, 9.17) is 4.74 Å². The van der Waals surface area contributed by atoms with Crippen LogP contribution in [-0.4, -0.2) is 22.9 Å². The first-order valence-corrected chi connectivity index (χ1v) is 7.76. The molecule has 0 spiro atoms. The van der Waals surface area contributed by atoms with Gasteiger partial charge in [0.05, 0.1) is 6.61 Å². The Bertz CT molecular complexity index is 611. The van der Waals surface area contributed by atoms with Gasteiger partial charge in [0, 0.05) is 36.9 Å². The zero-order valence-electron chi connectivity index (χ0n) is 13.5. The van der Waals surface area contributed by atoms with Crippen LogP contribution < -0.4 is 11.2 Å². The number of aryl methyl sites for hydroxylation is 1. The fourth-order valence-corrected chi connectivity index (χ4v) is 3.15. The van der Waals surface area contributed by atoms with E-state index in [1.54, 1.807) is 17.7 Å². The lowest BCUT2D eigenvalue weighted by Gasteiger charge is -2.42. The Morgan fingerprint density at radius 3 is 2.52 bits per heavy atom. The lowest BCUT2D eigenvalue weighted by atomic mass is 9.69. The predicted molar refractivity (Wildman–Crippen MR) is 82.9 cm³/mol. The van der Waals surface area contributed by atoms with Crippen molar-refractivity contribution in [3.05, 3.63) is 32.6 Å². The third-order valence-corrected chi connectivity index (χ3v) is 4.82. The van der Waals surface area contributed by atoms with E-state index in [1.165, 1.54) is 11.0 Å². The molecular formula is C16H26N2O3. The molecule has 1 atom stereocenters. The van der Waals surface area contributed by atoms with Crippen molar-refractivity contribution in [3.8, 4) is 0 Å². The molecule has 0 saturated heterocycles. The molecule has 0 aromatic carbocycles. The summed E-state index contributed by atoms with van der Waals surface area (Å²) >= 11 is 0. The molecule has 1 aromatic rings. The van der Waals surface area contributed by atoms with Crippen molar-refractivity contribution in [2.75, 3.05) is 13.7 Å². The lowest BCUT2D eigenvalue weighted by Crippen LogP contribution is -2.47. The number of nitrogens with zero attached hydrogens (tertiary/aromatic N) is 2. The van der Waals surface area contributed by atoms with E-state index in [2.05, 4.69) is 0 Å². The molecule has 1 aliphatic carbocycles. The van der Waals surface area contributed by atoms with Crippen LogP contribution in [-0.2, 0) is 11.3 Å². The van der Waals surface area contributed by atoms with Gasteiger partial charge < -0.3 is 4.74 Å². The van der Waals surface area contributed by atoms with Crippen LogP contribution >= 0.6 is 0 Å². The molecule has 0 radical (unpaired) electrons. The average Bonchev–Trinajstić information content (AvgIpc) is 2.39. The van der Waals surface area contributed by atoms with Gasteiger partial charge in [-0.1, -0.05) is 13.3 Å². The van der Waals surface area contributed by atoms with Crippen molar-refractivity contribution in [3.63, 3.8) is 0 Å². The number of rotatable bonds is 6. The second-order valence-electron chi connectivity index (χ2n) is 6.41. The molecule has 5 nitrogen and oxygen atoms in total. The van der Waals surface area contributed by atoms with Crippen molar-refractivity contribution in [1.29, 1.82) is 0 Å². The maximum absolute atomic E-state index is 12.7. The Morgan fingerprint density at radius 2 is 2.05 bits per heavy atom. The highest BCUT2D eigenvalue weighted by molar-refractivity contribution is 5.03. The zero-order chi connectivity index (χ0) is 15.6. The Morgan fingerprint density at radius 1 is 1.38 bits per heavy atom. The van der Waals surface area contributed by atoms with Crippen LogP contribution in [0.1, 0.15) is 51.3 Å². The molecular weight excluding hydrogens is 268 g/mol. The zero-order valence-corrected chi connectivity index (χ0v) is 13.5. The van der Waals surface area contributed by atoms with Crippen LogP contribution in [0.5, 0.6) is 0 Å². The van der Waals surface area contributed by atoms with E-state index < -0.39 is 0 Å². The second-order valence-corrected chi connectivity index (χ2v) is 6.41. The van der Waals surface area contributed by atoms with Gasteiger partial charge in [-0.25, -0.2) is 4.79 Å². The van der Waals surface area contributed by atoms with E-state index in [9.17, 15) is 9.59 Å². The Hall–Kier alpha value is -1.36.